The van der Waals surface area contributed by atoms with Crippen LogP contribution in [0.3, 0.4) is 0 Å². The smallest absolute Gasteiger partial charge is 0.435 e. The molecule has 0 spiro atoms. The zero-order chi connectivity index (χ0) is 67.5. The number of aromatic nitrogens is 11. The molecule has 0 radical (unpaired) electrons. The lowest BCUT2D eigenvalue weighted by Gasteiger charge is -2.19. The molecular weight excluding hydrogens is 1230 g/mol. The minimum absolute atomic E-state index is 0.0122. The normalized spacial score (nSPS) is 12.1. The van der Waals surface area contributed by atoms with Gasteiger partial charge in [-0.1, -0.05) is 18.2 Å². The first kappa shape index (κ1) is 72.8. The van der Waals surface area contributed by atoms with Crippen LogP contribution in [0.2, 0.25) is 0 Å². The van der Waals surface area contributed by atoms with Crippen molar-refractivity contribution in [2.45, 2.75) is 143 Å². The molecule has 25 nitrogen and oxygen atoms in total. The van der Waals surface area contributed by atoms with E-state index < -0.39 is 82.6 Å². The zero-order valence-corrected chi connectivity index (χ0v) is 49.6. The van der Waals surface area contributed by atoms with Crippen molar-refractivity contribution in [1.82, 2.24) is 70.5 Å². The van der Waals surface area contributed by atoms with Gasteiger partial charge in [-0.05, 0) is 123 Å². The summed E-state index contributed by atoms with van der Waals surface area (Å²) >= 11 is 0. The maximum absolute atomic E-state index is 12.9. The molecule has 492 valence electrons. The Balaban J connectivity index is 0.000000259. The zero-order valence-electron chi connectivity index (χ0n) is 49.6. The predicted octanol–water partition coefficient (Wildman–Crippen LogP) is 9.41. The lowest BCUT2D eigenvalue weighted by Crippen LogP contribution is -2.33. The quantitative estimate of drug-likeness (QED) is 0.0217. The molecule has 3 amide bonds. The van der Waals surface area contributed by atoms with Gasteiger partial charge in [0.15, 0.2) is 22.8 Å². The molecule has 0 aromatic carbocycles. The number of alkyl halides is 12. The standard InChI is InChI=1S/C16H20F3N5O2.C16H18F3N5O2.C11H12F3N5.C10H15F3N4O2/c2*1-15(2,3)26-14(25)21-10-12-8-13(16(17,18)19)23-24(12)22-9-11-6-4-5-7-20-11;12-11(13,14)10-5-9(6-15)19(18-10)17-7-8-3-1-2-4-16-8;1-9(2,3)19-8(18)15-5-6-4-7(10(11,12)13)16-17(6)14/h4-8,22H,9-10H2,1-3H3,(H,21,25);4-9H,10H2,1-3H3,(H,21,25);1-5,17H,6-7,15H2;4H,5,14H2,1-3H3,(H,15,18)/b;22-9+;;. The first-order valence-corrected chi connectivity index (χ1v) is 26.3. The van der Waals surface area contributed by atoms with Crippen LogP contribution >= 0.6 is 0 Å². The van der Waals surface area contributed by atoms with Gasteiger partial charge >= 0.3 is 43.0 Å². The van der Waals surface area contributed by atoms with Gasteiger partial charge in [0.1, 0.15) is 16.8 Å². The van der Waals surface area contributed by atoms with Crippen molar-refractivity contribution in [3.63, 3.8) is 0 Å². The summed E-state index contributed by atoms with van der Waals surface area (Å²) in [6.07, 6.45) is -14.6. The van der Waals surface area contributed by atoms with Crippen LogP contribution in [-0.2, 0) is 78.2 Å². The van der Waals surface area contributed by atoms with Gasteiger partial charge in [-0.25, -0.2) is 14.4 Å². The van der Waals surface area contributed by atoms with Crippen molar-refractivity contribution in [2.75, 3.05) is 16.7 Å². The Morgan fingerprint density at radius 1 is 0.478 bits per heavy atom. The highest BCUT2D eigenvalue weighted by Gasteiger charge is 2.38. The SMILES string of the molecule is CC(C)(C)OC(=O)NCc1cc(C(F)(F)F)nn1/N=C/c1ccccn1.CC(C)(C)OC(=O)NCc1cc(C(F)(F)F)nn1N.CC(C)(C)OC(=O)NCc1cc(C(F)(F)F)nn1NCc1ccccn1.NCc1cc(C(F)(F)F)nn1NCc1ccccn1. The number of rotatable bonds is 15. The van der Waals surface area contributed by atoms with Gasteiger partial charge in [0.25, 0.3) is 0 Å². The van der Waals surface area contributed by atoms with Crippen LogP contribution in [0, 0.1) is 0 Å². The molecule has 0 saturated heterocycles. The lowest BCUT2D eigenvalue weighted by atomic mass is 10.2. The summed E-state index contributed by atoms with van der Waals surface area (Å²) in [7, 11) is 0. The second-order valence-electron chi connectivity index (χ2n) is 21.3. The summed E-state index contributed by atoms with van der Waals surface area (Å²) in [6, 6.07) is 18.9. The van der Waals surface area contributed by atoms with Crippen LogP contribution in [0.1, 0.15) is 125 Å². The van der Waals surface area contributed by atoms with Crippen molar-refractivity contribution in [3.05, 3.63) is 160 Å². The van der Waals surface area contributed by atoms with Crippen LogP contribution in [0.4, 0.5) is 67.1 Å². The number of nitrogen functional groups attached to an aromatic ring is 1. The summed E-state index contributed by atoms with van der Waals surface area (Å²) in [4.78, 5) is 50.2. The van der Waals surface area contributed by atoms with E-state index in [1.54, 1.807) is 129 Å². The Labute approximate surface area is 505 Å². The van der Waals surface area contributed by atoms with Crippen LogP contribution < -0.4 is 38.4 Å². The third-order valence-corrected chi connectivity index (χ3v) is 10.2. The third kappa shape index (κ3) is 26.3. The number of halogens is 12. The summed E-state index contributed by atoms with van der Waals surface area (Å²) in [5.41, 5.74) is 6.68. The fourth-order valence-corrected chi connectivity index (χ4v) is 6.45. The number of hydrogen-bond donors (Lipinski definition) is 7. The van der Waals surface area contributed by atoms with Crippen LogP contribution in [-0.4, -0.2) is 95.8 Å². The Morgan fingerprint density at radius 3 is 1.21 bits per heavy atom. The van der Waals surface area contributed by atoms with Gasteiger partial charge in [0.05, 0.1) is 78.8 Å². The van der Waals surface area contributed by atoms with E-state index in [0.29, 0.717) is 21.9 Å². The van der Waals surface area contributed by atoms with Gasteiger partial charge in [0, 0.05) is 25.1 Å². The average molecular weight is 1290 g/mol. The van der Waals surface area contributed by atoms with Crippen molar-refractivity contribution < 1.29 is 81.3 Å². The first-order valence-electron chi connectivity index (χ1n) is 26.3. The van der Waals surface area contributed by atoms with E-state index in [1.165, 1.54) is 12.4 Å². The molecule has 0 atom stereocenters. The number of hydrogen-bond acceptors (Lipinski definition) is 18. The van der Waals surface area contributed by atoms with E-state index in [4.69, 9.17) is 25.8 Å². The minimum Gasteiger partial charge on any atom is -0.444 e. The Kier molecular flexibility index (Phi) is 25.0. The number of nitrogens with two attached hydrogens (primary N) is 2. The lowest BCUT2D eigenvalue weighted by molar-refractivity contribution is -0.142. The van der Waals surface area contributed by atoms with E-state index in [-0.39, 0.29) is 62.0 Å². The van der Waals surface area contributed by atoms with Gasteiger partial charge in [-0.2, -0.15) is 76.9 Å². The molecule has 0 unspecified atom stereocenters. The van der Waals surface area contributed by atoms with E-state index >= 15 is 0 Å². The number of carbonyl (C=O) groups excluding carboxylic acids is 3. The maximum atomic E-state index is 12.9. The summed E-state index contributed by atoms with van der Waals surface area (Å²) in [5, 5.41) is 24.5. The summed E-state index contributed by atoms with van der Waals surface area (Å²) in [6.45, 7) is 14.8. The number of ether oxygens (including phenoxy) is 3. The fraction of sp³-hybridized carbons (Fsp3) is 0.415. The highest BCUT2D eigenvalue weighted by Crippen LogP contribution is 2.31. The van der Waals surface area contributed by atoms with Crippen molar-refractivity contribution >= 4 is 24.5 Å². The number of nitrogens with one attached hydrogen (secondary N) is 5. The molecule has 0 fully saturated rings. The number of carbonyl (C=O) groups is 3. The van der Waals surface area contributed by atoms with E-state index in [9.17, 15) is 67.1 Å². The summed E-state index contributed by atoms with van der Waals surface area (Å²) < 4.78 is 167. The van der Waals surface area contributed by atoms with Crippen LogP contribution in [0.5, 0.6) is 0 Å². The van der Waals surface area contributed by atoms with Crippen molar-refractivity contribution in [3.8, 4) is 0 Å². The number of pyridine rings is 3. The topological polar surface area (TPSA) is 313 Å². The second-order valence-corrected chi connectivity index (χ2v) is 21.3. The number of alkyl carbamates (subject to hydrolysis) is 3. The minimum atomic E-state index is -4.63. The monoisotopic (exact) mass is 1290 g/mol. The largest absolute Gasteiger partial charge is 0.444 e. The Hall–Kier alpha value is -9.71. The molecule has 9 N–H and O–H groups in total. The molecule has 0 bridgehead atoms. The van der Waals surface area contributed by atoms with Gasteiger partial charge in [0.2, 0.25) is 0 Å². The molecule has 7 aromatic rings. The molecule has 0 aliphatic rings. The average Bonchev–Trinajstić information content (AvgIpc) is 3.56. The highest BCUT2D eigenvalue weighted by atomic mass is 19.4. The number of amides is 3. The summed E-state index contributed by atoms with van der Waals surface area (Å²) in [5.74, 6) is 5.26. The molecule has 7 aromatic heterocycles. The predicted molar refractivity (Wildman–Crippen MR) is 298 cm³/mol. The molecule has 90 heavy (non-hydrogen) atoms. The first-order chi connectivity index (χ1) is 41.6. The fourth-order valence-electron chi connectivity index (χ4n) is 6.45. The molecule has 7 rings (SSSR count). The van der Waals surface area contributed by atoms with Gasteiger partial charge < -0.3 is 52.6 Å². The third-order valence-electron chi connectivity index (χ3n) is 10.2. The van der Waals surface area contributed by atoms with Gasteiger partial charge in [-0.15, -0.1) is 20.4 Å². The number of nitrogens with zero attached hydrogens (tertiary/aromatic N) is 12. The molecule has 0 saturated carbocycles. The Morgan fingerprint density at radius 2 is 0.833 bits per heavy atom. The van der Waals surface area contributed by atoms with Gasteiger partial charge in [-0.3, -0.25) is 15.0 Å². The molecule has 0 aliphatic heterocycles. The molecule has 7 heterocycles. The molecule has 37 heteroatoms. The Bertz CT molecular complexity index is 3400. The molecular formula is C53H65F12N19O6. The van der Waals surface area contributed by atoms with E-state index in [0.717, 1.165) is 38.6 Å². The van der Waals surface area contributed by atoms with Crippen LogP contribution in [0.15, 0.2) is 103 Å². The maximum Gasteiger partial charge on any atom is 0.435 e. The highest BCUT2D eigenvalue weighted by molar-refractivity contribution is 5.76. The van der Waals surface area contributed by atoms with Crippen LogP contribution in [0.25, 0.3) is 0 Å². The second kappa shape index (κ2) is 31.0. The molecule has 0 aliphatic carbocycles. The van der Waals surface area contributed by atoms with E-state index in [2.05, 4.69) is 67.3 Å². The van der Waals surface area contributed by atoms with Crippen molar-refractivity contribution in [2.24, 2.45) is 10.8 Å². The van der Waals surface area contributed by atoms with E-state index in [1.807, 2.05) is 0 Å². The van der Waals surface area contributed by atoms with Crippen molar-refractivity contribution in [1.29, 1.82) is 0 Å².